The van der Waals surface area contributed by atoms with E-state index in [1.807, 2.05) is 18.3 Å². The van der Waals surface area contributed by atoms with E-state index in [4.69, 9.17) is 5.73 Å². The topological polar surface area (TPSA) is 74.4 Å². The van der Waals surface area contributed by atoms with E-state index in [1.54, 1.807) is 6.33 Å². The van der Waals surface area contributed by atoms with E-state index in [1.165, 1.54) is 10.8 Å². The van der Waals surface area contributed by atoms with Gasteiger partial charge in [-0.1, -0.05) is 42.5 Å². The lowest BCUT2D eigenvalue weighted by molar-refractivity contribution is 0.641. The van der Waals surface area contributed by atoms with Gasteiger partial charge in [0.25, 0.3) is 0 Å². The van der Waals surface area contributed by atoms with Crippen LogP contribution in [0.25, 0.3) is 10.8 Å². The summed E-state index contributed by atoms with van der Waals surface area (Å²) in [6, 6.07) is 20.7. The molecule has 0 amide bonds. The Bertz CT molecular complexity index is 1200. The molecule has 7 heteroatoms. The zero-order chi connectivity index (χ0) is 21.9. The molecule has 162 valence electrons. The molecule has 1 aliphatic rings. The molecule has 32 heavy (non-hydrogen) atoms. The molecule has 0 atom stereocenters. The number of piperazine rings is 1. The van der Waals surface area contributed by atoms with Gasteiger partial charge in [-0.2, -0.15) is 0 Å². The number of aromatic nitrogens is 3. The Morgan fingerprint density at radius 2 is 1.59 bits per heavy atom. The number of benzene rings is 2. The molecule has 2 aromatic carbocycles. The maximum absolute atomic E-state index is 6.68. The highest BCUT2D eigenvalue weighted by Gasteiger charge is 2.24. The van der Waals surface area contributed by atoms with Crippen molar-refractivity contribution >= 4 is 39.6 Å². The monoisotopic (exact) mass is 425 g/mol. The summed E-state index contributed by atoms with van der Waals surface area (Å²) in [5.74, 6) is 2.56. The van der Waals surface area contributed by atoms with Crippen LogP contribution < -0.4 is 20.4 Å². The number of nitrogens with two attached hydrogens (primary N) is 1. The summed E-state index contributed by atoms with van der Waals surface area (Å²) in [6.45, 7) is 6.28. The van der Waals surface area contributed by atoms with Gasteiger partial charge in [0.2, 0.25) is 0 Å². The third-order valence-corrected chi connectivity index (χ3v) is 6.02. The number of rotatable bonds is 5. The zero-order valence-electron chi connectivity index (χ0n) is 18.2. The van der Waals surface area contributed by atoms with Gasteiger partial charge in [0, 0.05) is 44.3 Å². The van der Waals surface area contributed by atoms with Crippen molar-refractivity contribution in [1.82, 2.24) is 15.0 Å². The van der Waals surface area contributed by atoms with Crippen molar-refractivity contribution in [3.05, 3.63) is 73.2 Å². The number of hydrogen-bond donors (Lipinski definition) is 1. The normalized spacial score (nSPS) is 14.0. The maximum Gasteiger partial charge on any atom is 0.161 e. The highest BCUT2D eigenvalue weighted by atomic mass is 15.3. The Balaban J connectivity index is 1.43. The van der Waals surface area contributed by atoms with Crippen LogP contribution in [0.1, 0.15) is 6.92 Å². The Hall–Kier alpha value is -3.87. The van der Waals surface area contributed by atoms with Crippen molar-refractivity contribution in [3.63, 3.8) is 0 Å². The van der Waals surface area contributed by atoms with Crippen molar-refractivity contribution < 1.29 is 0 Å². The molecule has 3 heterocycles. The quantitative estimate of drug-likeness (QED) is 0.516. The lowest BCUT2D eigenvalue weighted by atomic mass is 10.1. The predicted octanol–water partition coefficient (Wildman–Crippen LogP) is 4.09. The molecule has 2 aromatic heterocycles. The molecule has 0 saturated carbocycles. The van der Waals surface area contributed by atoms with Crippen LogP contribution in [0, 0.1) is 0 Å². The third-order valence-electron chi connectivity index (χ3n) is 6.02. The summed E-state index contributed by atoms with van der Waals surface area (Å²) in [7, 11) is 0. The Morgan fingerprint density at radius 1 is 0.844 bits per heavy atom. The van der Waals surface area contributed by atoms with E-state index in [9.17, 15) is 0 Å². The van der Waals surface area contributed by atoms with Gasteiger partial charge < -0.3 is 20.4 Å². The van der Waals surface area contributed by atoms with Crippen LogP contribution in [-0.4, -0.2) is 47.7 Å². The van der Waals surface area contributed by atoms with Crippen LogP contribution in [0.3, 0.4) is 0 Å². The molecule has 1 saturated heterocycles. The average molecular weight is 426 g/mol. The van der Waals surface area contributed by atoms with Crippen LogP contribution in [-0.2, 0) is 0 Å². The van der Waals surface area contributed by atoms with Crippen molar-refractivity contribution in [3.8, 4) is 0 Å². The fraction of sp³-hybridized carbons (Fsp3) is 0.240. The molecule has 0 spiro atoms. The van der Waals surface area contributed by atoms with Crippen molar-refractivity contribution in [2.75, 3.05) is 53.2 Å². The van der Waals surface area contributed by atoms with Crippen molar-refractivity contribution in [2.45, 2.75) is 6.92 Å². The van der Waals surface area contributed by atoms with Gasteiger partial charge in [0.1, 0.15) is 17.8 Å². The number of pyridine rings is 1. The molecule has 4 aromatic rings. The Morgan fingerprint density at radius 3 is 2.38 bits per heavy atom. The van der Waals surface area contributed by atoms with Crippen molar-refractivity contribution in [2.24, 2.45) is 0 Å². The number of fused-ring (bicyclic) bond motifs is 1. The maximum atomic E-state index is 6.68. The van der Waals surface area contributed by atoms with Gasteiger partial charge in [-0.15, -0.1) is 0 Å². The SMILES string of the molecule is CCN(c1ncnc(N2CCN(c3ccccn3)CC2)c1N)c1cccc2ccccc12. The van der Waals surface area contributed by atoms with Gasteiger partial charge in [-0.05, 0) is 30.5 Å². The van der Waals surface area contributed by atoms with E-state index in [-0.39, 0.29) is 0 Å². The molecule has 0 bridgehead atoms. The van der Waals surface area contributed by atoms with Crippen molar-refractivity contribution in [1.29, 1.82) is 0 Å². The lowest BCUT2D eigenvalue weighted by Crippen LogP contribution is -2.47. The summed E-state index contributed by atoms with van der Waals surface area (Å²) in [6.07, 6.45) is 3.46. The summed E-state index contributed by atoms with van der Waals surface area (Å²) in [4.78, 5) is 20.3. The number of nitrogens with zero attached hydrogens (tertiary/aromatic N) is 6. The highest BCUT2D eigenvalue weighted by Crippen LogP contribution is 2.36. The van der Waals surface area contributed by atoms with Crippen LogP contribution in [0.5, 0.6) is 0 Å². The van der Waals surface area contributed by atoms with Gasteiger partial charge >= 0.3 is 0 Å². The number of anilines is 5. The fourth-order valence-electron chi connectivity index (χ4n) is 4.41. The summed E-state index contributed by atoms with van der Waals surface area (Å²) < 4.78 is 0. The smallest absolute Gasteiger partial charge is 0.161 e. The Kier molecular flexibility index (Phi) is 5.46. The first-order valence-corrected chi connectivity index (χ1v) is 11.0. The number of hydrogen-bond acceptors (Lipinski definition) is 7. The molecule has 1 aliphatic heterocycles. The van der Waals surface area contributed by atoms with Crippen LogP contribution >= 0.6 is 0 Å². The molecule has 7 nitrogen and oxygen atoms in total. The van der Waals surface area contributed by atoms with E-state index in [0.29, 0.717) is 5.69 Å². The third kappa shape index (κ3) is 3.66. The number of nitrogen functional groups attached to an aromatic ring is 1. The van der Waals surface area contributed by atoms with E-state index >= 15 is 0 Å². The zero-order valence-corrected chi connectivity index (χ0v) is 18.2. The minimum atomic E-state index is 0.619. The molecule has 2 N–H and O–H groups in total. The first kappa shape index (κ1) is 20.1. The standard InChI is InChI=1S/C25H27N7/c1-2-32(21-11-7-9-19-8-3-4-10-20(19)21)25-23(26)24(28-18-29-25)31-16-14-30(15-17-31)22-12-5-6-13-27-22/h3-13,18H,2,14-17,26H2,1H3. The van der Waals surface area contributed by atoms with Crippen LogP contribution in [0.15, 0.2) is 73.2 Å². The second kappa shape index (κ2) is 8.70. The fourth-order valence-corrected chi connectivity index (χ4v) is 4.41. The second-order valence-corrected chi connectivity index (χ2v) is 7.84. The minimum absolute atomic E-state index is 0.619. The van der Waals surface area contributed by atoms with Gasteiger partial charge in [0.15, 0.2) is 11.6 Å². The van der Waals surface area contributed by atoms with Crippen LogP contribution in [0.2, 0.25) is 0 Å². The predicted molar refractivity (Wildman–Crippen MR) is 132 cm³/mol. The lowest BCUT2D eigenvalue weighted by Gasteiger charge is -2.37. The second-order valence-electron chi connectivity index (χ2n) is 7.84. The first-order valence-electron chi connectivity index (χ1n) is 11.0. The van der Waals surface area contributed by atoms with E-state index in [2.05, 4.69) is 85.1 Å². The first-order chi connectivity index (χ1) is 15.8. The minimum Gasteiger partial charge on any atom is -0.393 e. The summed E-state index contributed by atoms with van der Waals surface area (Å²) >= 11 is 0. The average Bonchev–Trinajstić information content (AvgIpc) is 2.86. The molecular weight excluding hydrogens is 398 g/mol. The Labute approximate surface area is 188 Å². The van der Waals surface area contributed by atoms with Gasteiger partial charge in [-0.25, -0.2) is 15.0 Å². The van der Waals surface area contributed by atoms with Gasteiger partial charge in [0.05, 0.1) is 5.69 Å². The largest absolute Gasteiger partial charge is 0.393 e. The van der Waals surface area contributed by atoms with E-state index < -0.39 is 0 Å². The molecular formula is C25H27N7. The summed E-state index contributed by atoms with van der Waals surface area (Å²) in [5, 5.41) is 2.38. The molecule has 5 rings (SSSR count). The summed E-state index contributed by atoms with van der Waals surface area (Å²) in [5.41, 5.74) is 8.40. The molecule has 0 unspecified atom stereocenters. The molecule has 0 aliphatic carbocycles. The van der Waals surface area contributed by atoms with Gasteiger partial charge in [-0.3, -0.25) is 0 Å². The highest BCUT2D eigenvalue weighted by molar-refractivity contribution is 5.97. The molecule has 1 fully saturated rings. The molecule has 0 radical (unpaired) electrons. The van der Waals surface area contributed by atoms with Crippen LogP contribution in [0.4, 0.5) is 28.8 Å². The van der Waals surface area contributed by atoms with E-state index in [0.717, 1.165) is 55.9 Å².